The predicted molar refractivity (Wildman–Crippen MR) is 141 cm³/mol. The van der Waals surface area contributed by atoms with Crippen molar-refractivity contribution in [1.29, 1.82) is 0 Å². The van der Waals surface area contributed by atoms with Crippen LogP contribution in [0.2, 0.25) is 0 Å². The van der Waals surface area contributed by atoms with Crippen molar-refractivity contribution < 1.29 is 0 Å². The normalized spacial score (nSPS) is 14.9. The summed E-state index contributed by atoms with van der Waals surface area (Å²) in [6, 6.07) is 27.7. The maximum atomic E-state index is 4.63. The van der Waals surface area contributed by atoms with Crippen molar-refractivity contribution in [2.45, 2.75) is 25.7 Å². The molecule has 0 spiro atoms. The van der Waals surface area contributed by atoms with Crippen molar-refractivity contribution in [3.8, 4) is 22.3 Å². The fourth-order valence-electron chi connectivity index (χ4n) is 7.01. The zero-order valence-corrected chi connectivity index (χ0v) is 19.3. The highest BCUT2D eigenvalue weighted by Gasteiger charge is 2.34. The number of hydrogen-bond acceptors (Lipinski definition) is 2. The highest BCUT2D eigenvalue weighted by Crippen LogP contribution is 2.53. The molecule has 4 aliphatic rings. The third-order valence-electron chi connectivity index (χ3n) is 8.52. The number of nitrogens with zero attached hydrogens (tertiary/aromatic N) is 2. The van der Waals surface area contributed by atoms with Crippen molar-refractivity contribution in [2.75, 3.05) is 4.90 Å². The Morgan fingerprint density at radius 1 is 0.457 bits per heavy atom. The fourth-order valence-corrected chi connectivity index (χ4v) is 7.01. The highest BCUT2D eigenvalue weighted by atomic mass is 15.2. The van der Waals surface area contributed by atoms with Crippen molar-refractivity contribution >= 4 is 17.1 Å². The molecule has 0 unspecified atom stereocenters. The summed E-state index contributed by atoms with van der Waals surface area (Å²) in [6.45, 7) is 0. The van der Waals surface area contributed by atoms with Gasteiger partial charge in [0.2, 0.25) is 0 Å². The first-order chi connectivity index (χ1) is 17.3. The number of fused-ring (bicyclic) bond motifs is 10. The molecule has 3 heterocycles. The average molecular weight is 447 g/mol. The van der Waals surface area contributed by atoms with Crippen LogP contribution in [0, 0.1) is 0 Å². The lowest BCUT2D eigenvalue weighted by Gasteiger charge is -2.39. The second-order valence-corrected chi connectivity index (χ2v) is 10.4. The lowest BCUT2D eigenvalue weighted by molar-refractivity contribution is 0.984. The van der Waals surface area contributed by atoms with Crippen molar-refractivity contribution in [3.63, 3.8) is 0 Å². The molecule has 0 bridgehead atoms. The molecule has 1 aromatic heterocycles. The SMILES string of the molecule is c1ccc2c(c1)Cc1cc3c(cc1-2)-c1cc2c(cc1C3)N1c3ccccc3Cc3cncc(c31)C2. The van der Waals surface area contributed by atoms with E-state index in [-0.39, 0.29) is 0 Å². The lowest BCUT2D eigenvalue weighted by Crippen LogP contribution is -2.25. The number of anilines is 3. The summed E-state index contributed by atoms with van der Waals surface area (Å²) < 4.78 is 0. The Morgan fingerprint density at radius 3 is 1.97 bits per heavy atom. The van der Waals surface area contributed by atoms with Gasteiger partial charge in [-0.2, -0.15) is 0 Å². The Bertz CT molecular complexity index is 1760. The summed E-state index contributed by atoms with van der Waals surface area (Å²) in [5.74, 6) is 0. The van der Waals surface area contributed by atoms with Gasteiger partial charge >= 0.3 is 0 Å². The molecule has 0 atom stereocenters. The van der Waals surface area contributed by atoms with E-state index in [9.17, 15) is 0 Å². The van der Waals surface area contributed by atoms with Gasteiger partial charge in [-0.15, -0.1) is 0 Å². The topological polar surface area (TPSA) is 16.1 Å². The summed E-state index contributed by atoms with van der Waals surface area (Å²) >= 11 is 0. The van der Waals surface area contributed by atoms with E-state index in [0.29, 0.717) is 0 Å². The monoisotopic (exact) mass is 446 g/mol. The smallest absolute Gasteiger partial charge is 0.0563 e. The maximum Gasteiger partial charge on any atom is 0.0563 e. The minimum Gasteiger partial charge on any atom is -0.309 e. The Labute approximate surface area is 204 Å². The van der Waals surface area contributed by atoms with Crippen LogP contribution in [0.3, 0.4) is 0 Å². The Hall–Kier alpha value is -4.17. The van der Waals surface area contributed by atoms with E-state index in [2.05, 4.69) is 95.1 Å². The number of hydrogen-bond donors (Lipinski definition) is 0. The molecule has 5 aromatic rings. The number of aromatic nitrogens is 1. The molecule has 0 amide bonds. The molecule has 0 N–H and O–H groups in total. The Morgan fingerprint density at radius 2 is 1.09 bits per heavy atom. The second-order valence-electron chi connectivity index (χ2n) is 10.4. The van der Waals surface area contributed by atoms with E-state index in [1.165, 1.54) is 83.8 Å². The van der Waals surface area contributed by atoms with Crippen LogP contribution >= 0.6 is 0 Å². The minimum atomic E-state index is 0.945. The van der Waals surface area contributed by atoms with Crippen molar-refractivity contribution in [1.82, 2.24) is 4.98 Å². The minimum absolute atomic E-state index is 0.945. The number of rotatable bonds is 0. The zero-order chi connectivity index (χ0) is 22.7. The molecule has 2 aliphatic carbocycles. The predicted octanol–water partition coefficient (Wildman–Crippen LogP) is 7.50. The quantitative estimate of drug-likeness (QED) is 0.240. The number of pyridine rings is 1. The zero-order valence-electron chi connectivity index (χ0n) is 19.3. The van der Waals surface area contributed by atoms with E-state index in [0.717, 1.165) is 25.7 Å². The molecule has 0 saturated carbocycles. The van der Waals surface area contributed by atoms with E-state index in [1.807, 2.05) is 0 Å². The molecule has 2 aliphatic heterocycles. The molecule has 9 rings (SSSR count). The van der Waals surface area contributed by atoms with E-state index < -0.39 is 0 Å². The maximum absolute atomic E-state index is 4.63. The number of benzene rings is 4. The van der Waals surface area contributed by atoms with Gasteiger partial charge in [0, 0.05) is 30.9 Å². The summed E-state index contributed by atoms with van der Waals surface area (Å²) in [5.41, 5.74) is 21.0. The molecule has 2 nitrogen and oxygen atoms in total. The van der Waals surface area contributed by atoms with Crippen LogP contribution in [0.25, 0.3) is 22.3 Å². The summed E-state index contributed by atoms with van der Waals surface area (Å²) in [5, 5.41) is 0. The second kappa shape index (κ2) is 6.28. The summed E-state index contributed by atoms with van der Waals surface area (Å²) in [6.07, 6.45) is 8.12. The van der Waals surface area contributed by atoms with Gasteiger partial charge < -0.3 is 4.90 Å². The molecule has 35 heavy (non-hydrogen) atoms. The highest BCUT2D eigenvalue weighted by molar-refractivity contribution is 5.93. The van der Waals surface area contributed by atoms with Gasteiger partial charge in [-0.25, -0.2) is 0 Å². The molecule has 2 heteroatoms. The van der Waals surface area contributed by atoms with E-state index >= 15 is 0 Å². The first-order valence-electron chi connectivity index (χ1n) is 12.6. The molecule has 0 radical (unpaired) electrons. The molecule has 4 aromatic carbocycles. The molecular formula is C33H22N2. The van der Waals surface area contributed by atoms with Crippen LogP contribution in [0.4, 0.5) is 17.1 Å². The average Bonchev–Trinajstić information content (AvgIpc) is 3.42. The van der Waals surface area contributed by atoms with Crippen LogP contribution < -0.4 is 4.90 Å². The van der Waals surface area contributed by atoms with Gasteiger partial charge in [0.25, 0.3) is 0 Å². The van der Waals surface area contributed by atoms with Crippen molar-refractivity contribution in [2.24, 2.45) is 0 Å². The summed E-state index contributed by atoms with van der Waals surface area (Å²) in [7, 11) is 0. The van der Waals surface area contributed by atoms with Gasteiger partial charge in [-0.1, -0.05) is 48.5 Å². The van der Waals surface area contributed by atoms with Crippen LogP contribution in [-0.4, -0.2) is 4.98 Å². The van der Waals surface area contributed by atoms with E-state index in [4.69, 9.17) is 0 Å². The number of para-hydroxylation sites is 1. The van der Waals surface area contributed by atoms with E-state index in [1.54, 1.807) is 0 Å². The van der Waals surface area contributed by atoms with Crippen LogP contribution in [0.1, 0.15) is 44.5 Å². The lowest BCUT2D eigenvalue weighted by atomic mass is 9.86. The third kappa shape index (κ3) is 2.32. The van der Waals surface area contributed by atoms with Crippen LogP contribution in [0.15, 0.2) is 85.2 Å². The first-order valence-corrected chi connectivity index (χ1v) is 12.6. The molecule has 164 valence electrons. The first kappa shape index (κ1) is 18.2. The van der Waals surface area contributed by atoms with Crippen LogP contribution in [0.5, 0.6) is 0 Å². The third-order valence-corrected chi connectivity index (χ3v) is 8.52. The van der Waals surface area contributed by atoms with Gasteiger partial charge in [0.1, 0.15) is 0 Å². The fraction of sp³-hybridized carbons (Fsp3) is 0.121. The Kier molecular flexibility index (Phi) is 3.27. The molecule has 0 saturated heterocycles. The summed E-state index contributed by atoms with van der Waals surface area (Å²) in [4.78, 5) is 7.14. The molecule has 0 fully saturated rings. The van der Waals surface area contributed by atoms with Gasteiger partial charge in [0.05, 0.1) is 11.4 Å². The molecular weight excluding hydrogens is 424 g/mol. The van der Waals surface area contributed by atoms with Crippen LogP contribution in [-0.2, 0) is 25.7 Å². The van der Waals surface area contributed by atoms with Gasteiger partial charge in [0.15, 0.2) is 0 Å². The van der Waals surface area contributed by atoms with Crippen molar-refractivity contribution in [3.05, 3.63) is 130 Å². The standard InChI is InChI=1S/C33H22N2/c1-3-7-27-19(5-1)9-21-11-22-12-23-15-32-24(14-28(23)30(22)16-29(21)27)13-26-18-34-17-25-10-20-6-2-4-8-31(20)35(32)33(25)26/h1-8,11,14-18H,9-10,12-13H2. The largest absolute Gasteiger partial charge is 0.309 e. The van der Waals surface area contributed by atoms with Gasteiger partial charge in [-0.3, -0.25) is 4.98 Å². The Balaban J connectivity index is 1.25. The van der Waals surface area contributed by atoms with Gasteiger partial charge in [-0.05, 0) is 104 Å².